The van der Waals surface area contributed by atoms with Crippen LogP contribution in [-0.4, -0.2) is 24.5 Å². The highest BCUT2D eigenvalue weighted by atomic mass is 32.1. The topological polar surface area (TPSA) is 68.5 Å². The van der Waals surface area contributed by atoms with Crippen LogP contribution in [0.25, 0.3) is 0 Å². The first-order valence-corrected chi connectivity index (χ1v) is 6.71. The fourth-order valence-electron chi connectivity index (χ4n) is 1.70. The standard InChI is InChI=1S/C13H11N5OS/c1-17-7-10(6-15-17)2-3-11-4-5-12(20-11)8-18-9-14-16-13(18)19/h4-7,9H,8H2,1H3,(H,16,19). The van der Waals surface area contributed by atoms with Crippen LogP contribution >= 0.6 is 11.3 Å². The van der Waals surface area contributed by atoms with Gasteiger partial charge in [-0.3, -0.25) is 9.25 Å². The van der Waals surface area contributed by atoms with Crippen LogP contribution in [0.2, 0.25) is 0 Å². The smallest absolute Gasteiger partial charge is 0.276 e. The average molecular weight is 285 g/mol. The molecule has 3 heterocycles. The van der Waals surface area contributed by atoms with E-state index in [1.165, 1.54) is 10.9 Å². The van der Waals surface area contributed by atoms with Gasteiger partial charge in [0.2, 0.25) is 0 Å². The number of nitrogens with one attached hydrogen (secondary N) is 1. The van der Waals surface area contributed by atoms with Crippen LogP contribution in [0.3, 0.4) is 0 Å². The van der Waals surface area contributed by atoms with Gasteiger partial charge in [-0.1, -0.05) is 11.8 Å². The number of aromatic nitrogens is 5. The Morgan fingerprint density at radius 1 is 1.40 bits per heavy atom. The Kier molecular flexibility index (Phi) is 3.23. The van der Waals surface area contributed by atoms with Crippen LogP contribution in [0.1, 0.15) is 15.3 Å². The number of nitrogens with zero attached hydrogens (tertiary/aromatic N) is 4. The Morgan fingerprint density at radius 3 is 3.00 bits per heavy atom. The number of hydrogen-bond donors (Lipinski definition) is 1. The molecule has 0 fully saturated rings. The molecule has 6 nitrogen and oxygen atoms in total. The zero-order chi connectivity index (χ0) is 13.9. The normalized spacial score (nSPS) is 10.2. The van der Waals surface area contributed by atoms with Crippen molar-refractivity contribution < 1.29 is 0 Å². The number of thiophene rings is 1. The average Bonchev–Trinajstić information content (AvgIpc) is 3.12. The van der Waals surface area contributed by atoms with Gasteiger partial charge >= 0.3 is 5.69 Å². The van der Waals surface area contributed by atoms with Crippen LogP contribution in [0.4, 0.5) is 0 Å². The molecule has 0 saturated carbocycles. The third-order valence-corrected chi connectivity index (χ3v) is 3.63. The van der Waals surface area contributed by atoms with E-state index in [0.717, 1.165) is 15.3 Å². The van der Waals surface area contributed by atoms with Crippen molar-refractivity contribution in [1.82, 2.24) is 24.5 Å². The lowest BCUT2D eigenvalue weighted by molar-refractivity contribution is 0.767. The molecule has 3 rings (SSSR count). The van der Waals surface area contributed by atoms with Gasteiger partial charge in [0.05, 0.1) is 23.2 Å². The molecule has 0 aliphatic rings. The summed E-state index contributed by atoms with van der Waals surface area (Å²) in [5, 5.41) is 10.1. The lowest BCUT2D eigenvalue weighted by atomic mass is 10.3. The van der Waals surface area contributed by atoms with E-state index in [1.807, 2.05) is 25.4 Å². The minimum Gasteiger partial charge on any atom is -0.276 e. The molecule has 3 aromatic rings. The third kappa shape index (κ3) is 2.70. The van der Waals surface area contributed by atoms with Crippen molar-refractivity contribution in [2.24, 2.45) is 7.05 Å². The van der Waals surface area contributed by atoms with E-state index in [1.54, 1.807) is 22.2 Å². The minimum absolute atomic E-state index is 0.207. The summed E-state index contributed by atoms with van der Waals surface area (Å²) in [5.41, 5.74) is 0.676. The van der Waals surface area contributed by atoms with Gasteiger partial charge < -0.3 is 0 Å². The van der Waals surface area contributed by atoms with Crippen molar-refractivity contribution >= 4 is 11.3 Å². The molecule has 0 spiro atoms. The Labute approximate surface area is 118 Å². The highest BCUT2D eigenvalue weighted by molar-refractivity contribution is 7.12. The van der Waals surface area contributed by atoms with Crippen LogP contribution in [0, 0.1) is 11.8 Å². The van der Waals surface area contributed by atoms with Gasteiger partial charge in [0.1, 0.15) is 6.33 Å². The highest BCUT2D eigenvalue weighted by Crippen LogP contribution is 2.16. The van der Waals surface area contributed by atoms with Crippen molar-refractivity contribution in [3.05, 3.63) is 56.7 Å². The Morgan fingerprint density at radius 2 is 2.30 bits per heavy atom. The van der Waals surface area contributed by atoms with Crippen LogP contribution in [-0.2, 0) is 13.6 Å². The molecule has 0 bridgehead atoms. The lowest BCUT2D eigenvalue weighted by Crippen LogP contribution is -2.16. The third-order valence-electron chi connectivity index (χ3n) is 2.64. The zero-order valence-electron chi connectivity index (χ0n) is 10.7. The number of aryl methyl sites for hydroxylation is 1. The van der Waals surface area contributed by atoms with E-state index in [4.69, 9.17) is 0 Å². The number of hydrogen-bond acceptors (Lipinski definition) is 4. The summed E-state index contributed by atoms with van der Waals surface area (Å²) >= 11 is 1.56. The van der Waals surface area contributed by atoms with Gasteiger partial charge in [0, 0.05) is 18.1 Å². The van der Waals surface area contributed by atoms with Crippen LogP contribution in [0.15, 0.2) is 35.6 Å². The van der Waals surface area contributed by atoms with Gasteiger partial charge in [-0.15, -0.1) is 11.3 Å². The maximum atomic E-state index is 11.4. The fraction of sp³-hybridized carbons (Fsp3) is 0.154. The van der Waals surface area contributed by atoms with Crippen LogP contribution in [0.5, 0.6) is 0 Å². The van der Waals surface area contributed by atoms with Crippen molar-refractivity contribution in [2.45, 2.75) is 6.54 Å². The quantitative estimate of drug-likeness (QED) is 0.709. The molecule has 0 saturated heterocycles. The van der Waals surface area contributed by atoms with E-state index in [2.05, 4.69) is 27.1 Å². The van der Waals surface area contributed by atoms with Crippen LogP contribution < -0.4 is 5.69 Å². The second kappa shape index (κ2) is 5.19. The van der Waals surface area contributed by atoms with Gasteiger partial charge in [0.25, 0.3) is 0 Å². The number of H-pyrrole nitrogens is 1. The predicted molar refractivity (Wildman–Crippen MR) is 75.5 cm³/mol. The van der Waals surface area contributed by atoms with Gasteiger partial charge in [0.15, 0.2) is 0 Å². The molecule has 0 atom stereocenters. The highest BCUT2D eigenvalue weighted by Gasteiger charge is 2.02. The molecule has 100 valence electrons. The molecule has 0 aliphatic carbocycles. The molecule has 1 N–H and O–H groups in total. The molecule has 0 amide bonds. The van der Waals surface area contributed by atoms with E-state index in [9.17, 15) is 4.79 Å². The first kappa shape index (κ1) is 12.4. The summed E-state index contributed by atoms with van der Waals surface area (Å²) in [6.45, 7) is 0.509. The fourth-order valence-corrected chi connectivity index (χ4v) is 2.56. The molecule has 0 unspecified atom stereocenters. The van der Waals surface area contributed by atoms with Crippen molar-refractivity contribution in [3.8, 4) is 11.8 Å². The van der Waals surface area contributed by atoms with Crippen molar-refractivity contribution in [3.63, 3.8) is 0 Å². The Hall–Kier alpha value is -2.59. The second-order valence-electron chi connectivity index (χ2n) is 4.21. The maximum Gasteiger partial charge on any atom is 0.343 e. The SMILES string of the molecule is Cn1cc(C#Cc2ccc(Cn3cn[nH]c3=O)s2)cn1. The first-order valence-electron chi connectivity index (χ1n) is 5.90. The van der Waals surface area contributed by atoms with Gasteiger partial charge in [-0.25, -0.2) is 9.89 Å². The largest absolute Gasteiger partial charge is 0.343 e. The van der Waals surface area contributed by atoms with E-state index < -0.39 is 0 Å². The van der Waals surface area contributed by atoms with Crippen molar-refractivity contribution in [2.75, 3.05) is 0 Å². The Balaban J connectivity index is 1.76. The van der Waals surface area contributed by atoms with E-state index in [0.29, 0.717) is 6.54 Å². The second-order valence-corrected chi connectivity index (χ2v) is 5.38. The summed E-state index contributed by atoms with van der Waals surface area (Å²) in [6.07, 6.45) is 5.09. The first-order chi connectivity index (χ1) is 9.70. The molecule has 0 radical (unpaired) electrons. The molecule has 20 heavy (non-hydrogen) atoms. The predicted octanol–water partition coefficient (Wildman–Crippen LogP) is 0.815. The number of rotatable bonds is 2. The number of aromatic amines is 1. The molecular formula is C13H11N5OS. The summed E-state index contributed by atoms with van der Waals surface area (Å²) in [7, 11) is 1.86. The molecule has 3 aromatic heterocycles. The zero-order valence-corrected chi connectivity index (χ0v) is 11.5. The molecule has 0 aromatic carbocycles. The molecular weight excluding hydrogens is 274 g/mol. The Bertz CT molecular complexity index is 842. The monoisotopic (exact) mass is 285 g/mol. The van der Waals surface area contributed by atoms with Crippen molar-refractivity contribution in [1.29, 1.82) is 0 Å². The molecule has 7 heteroatoms. The summed E-state index contributed by atoms with van der Waals surface area (Å²) in [5.74, 6) is 6.15. The van der Waals surface area contributed by atoms with Gasteiger partial charge in [-0.2, -0.15) is 10.2 Å². The summed E-state index contributed by atoms with van der Waals surface area (Å²) in [6, 6.07) is 3.92. The van der Waals surface area contributed by atoms with Gasteiger partial charge in [-0.05, 0) is 12.1 Å². The van der Waals surface area contributed by atoms with E-state index in [-0.39, 0.29) is 5.69 Å². The lowest BCUT2D eigenvalue weighted by Gasteiger charge is -1.94. The minimum atomic E-state index is -0.207. The summed E-state index contributed by atoms with van der Waals surface area (Å²) in [4.78, 5) is 13.4. The molecule has 0 aliphatic heterocycles. The van der Waals surface area contributed by atoms with E-state index >= 15 is 0 Å². The maximum absolute atomic E-state index is 11.4. The summed E-state index contributed by atoms with van der Waals surface area (Å²) < 4.78 is 3.24.